The van der Waals surface area contributed by atoms with E-state index in [9.17, 15) is 13.9 Å². The van der Waals surface area contributed by atoms with Gasteiger partial charge in [0.25, 0.3) is 5.91 Å². The molecule has 0 unspecified atom stereocenters. The maximum absolute atomic E-state index is 12.7. The van der Waals surface area contributed by atoms with Crippen LogP contribution in [0.1, 0.15) is 23.0 Å². The number of hydrogen-bond donors (Lipinski definition) is 4. The lowest BCUT2D eigenvalue weighted by Gasteiger charge is -2.49. The van der Waals surface area contributed by atoms with Gasteiger partial charge in [0, 0.05) is 18.0 Å². The van der Waals surface area contributed by atoms with Gasteiger partial charge < -0.3 is 11.1 Å². The molecule has 0 fully saturated rings. The summed E-state index contributed by atoms with van der Waals surface area (Å²) in [7, 11) is -3.54. The molecule has 0 bridgehead atoms. The van der Waals surface area contributed by atoms with Crippen molar-refractivity contribution in [2.24, 2.45) is 0 Å². The second-order valence-electron chi connectivity index (χ2n) is 6.86. The lowest BCUT2D eigenvalue weighted by atomic mass is 10.1. The Balaban J connectivity index is 1.79. The molecule has 10 heteroatoms. The monoisotopic (exact) mass is 457 g/mol. The van der Waals surface area contributed by atoms with E-state index >= 15 is 0 Å². The van der Waals surface area contributed by atoms with E-state index in [4.69, 9.17) is 17.3 Å². The van der Waals surface area contributed by atoms with Crippen molar-refractivity contribution in [3.05, 3.63) is 82.9 Å². The van der Waals surface area contributed by atoms with E-state index in [0.29, 0.717) is 16.9 Å². The van der Waals surface area contributed by atoms with E-state index in [1.54, 1.807) is 55.5 Å². The average Bonchev–Trinajstić information content (AvgIpc) is 2.73. The number of nitrogens with two attached hydrogens (primary N) is 1. The third kappa shape index (κ3) is 3.84. The number of amides is 1. The number of nitrogens with one attached hydrogen (secondary N) is 1. The van der Waals surface area contributed by atoms with Gasteiger partial charge in [-0.05, 0) is 31.2 Å². The molecular weight excluding hydrogens is 438 g/mol. The molecule has 0 saturated carbocycles. The Morgan fingerprint density at radius 1 is 1.13 bits per heavy atom. The molecule has 1 aliphatic rings. The van der Waals surface area contributed by atoms with Gasteiger partial charge in [0.2, 0.25) is 0 Å². The average molecular weight is 458 g/mol. The number of anilines is 2. The molecule has 3 aromatic rings. The van der Waals surface area contributed by atoms with Gasteiger partial charge >= 0.3 is 0 Å². The fraction of sp³-hybridized carbons (Fsp3) is 0.0952. The Morgan fingerprint density at radius 3 is 2.55 bits per heavy atom. The highest BCUT2D eigenvalue weighted by Crippen LogP contribution is 2.61. The summed E-state index contributed by atoms with van der Waals surface area (Å²) in [6.45, 7) is 1.73. The van der Waals surface area contributed by atoms with Crippen LogP contribution in [0, 0.1) is 0 Å². The third-order valence-electron chi connectivity index (χ3n) is 4.79. The summed E-state index contributed by atoms with van der Waals surface area (Å²) in [5.74, 6) is -0.522. The third-order valence-corrected chi connectivity index (χ3v) is 7.15. The van der Waals surface area contributed by atoms with Crippen LogP contribution in [0.15, 0.2) is 71.5 Å². The van der Waals surface area contributed by atoms with Gasteiger partial charge in [-0.1, -0.05) is 52.7 Å². The van der Waals surface area contributed by atoms with Crippen molar-refractivity contribution < 1.29 is 13.9 Å². The van der Waals surface area contributed by atoms with Gasteiger partial charge in [0.05, 0.1) is 22.4 Å². The molecule has 160 valence electrons. The first-order valence-corrected chi connectivity index (χ1v) is 11.2. The minimum Gasteiger partial charge on any atom is -0.382 e. The van der Waals surface area contributed by atoms with Crippen molar-refractivity contribution in [2.75, 3.05) is 10.0 Å². The molecule has 31 heavy (non-hydrogen) atoms. The topological polar surface area (TPSA) is 125 Å². The van der Waals surface area contributed by atoms with Crippen molar-refractivity contribution in [1.29, 1.82) is 0 Å². The lowest BCUT2D eigenvalue weighted by molar-refractivity contribution is 0.0940. The van der Waals surface area contributed by atoms with Crippen LogP contribution in [0.5, 0.6) is 0 Å². The molecule has 4 rings (SSSR count). The van der Waals surface area contributed by atoms with Crippen LogP contribution in [0.3, 0.4) is 0 Å². The molecule has 1 aromatic heterocycles. The highest BCUT2D eigenvalue weighted by molar-refractivity contribution is 8.25. The Morgan fingerprint density at radius 2 is 1.84 bits per heavy atom. The smallest absolute Gasteiger partial charge is 0.274 e. The SMILES string of the molecule is C[C@H](NC(=O)c1nccnc1N)C1=Cc2cccc(Cl)c2S(O)(O)N1c1ccccc1. The summed E-state index contributed by atoms with van der Waals surface area (Å²) in [5.41, 5.74) is 7.33. The van der Waals surface area contributed by atoms with Crippen LogP contribution in [0.2, 0.25) is 5.02 Å². The first-order chi connectivity index (χ1) is 14.8. The van der Waals surface area contributed by atoms with Crippen molar-refractivity contribution >= 4 is 45.9 Å². The van der Waals surface area contributed by atoms with Crippen LogP contribution in [0.25, 0.3) is 6.08 Å². The van der Waals surface area contributed by atoms with Gasteiger partial charge in [-0.3, -0.25) is 13.9 Å². The van der Waals surface area contributed by atoms with E-state index in [2.05, 4.69) is 15.3 Å². The molecule has 0 aliphatic carbocycles. The van der Waals surface area contributed by atoms with Crippen molar-refractivity contribution in [3.63, 3.8) is 0 Å². The molecule has 8 nitrogen and oxygen atoms in total. The molecular formula is C21H20ClN5O3S. The number of halogens is 1. The van der Waals surface area contributed by atoms with Gasteiger partial charge in [0.1, 0.15) is 4.90 Å². The normalized spacial score (nSPS) is 16.6. The maximum Gasteiger partial charge on any atom is 0.274 e. The zero-order valence-electron chi connectivity index (χ0n) is 16.4. The first kappa shape index (κ1) is 21.1. The second kappa shape index (κ2) is 8.20. The fourth-order valence-electron chi connectivity index (χ4n) is 3.41. The van der Waals surface area contributed by atoms with E-state index in [0.717, 1.165) is 0 Å². The Hall–Kier alpha value is -3.11. The second-order valence-corrected chi connectivity index (χ2v) is 9.08. The molecule has 0 spiro atoms. The minimum atomic E-state index is -3.54. The number of rotatable bonds is 4. The van der Waals surface area contributed by atoms with Crippen LogP contribution < -0.4 is 15.4 Å². The Labute approximate surface area is 185 Å². The van der Waals surface area contributed by atoms with Crippen LogP contribution in [0.4, 0.5) is 11.5 Å². The summed E-state index contributed by atoms with van der Waals surface area (Å²) < 4.78 is 24.0. The molecule has 1 atom stereocenters. The molecule has 0 radical (unpaired) electrons. The zero-order valence-corrected chi connectivity index (χ0v) is 18.0. The van der Waals surface area contributed by atoms with E-state index in [1.807, 2.05) is 6.07 Å². The molecule has 0 saturated heterocycles. The summed E-state index contributed by atoms with van der Waals surface area (Å²) in [4.78, 5) is 20.9. The van der Waals surface area contributed by atoms with Gasteiger partial charge in [-0.15, -0.1) is 0 Å². The molecule has 2 aromatic carbocycles. The summed E-state index contributed by atoms with van der Waals surface area (Å²) in [6.07, 6.45) is 4.55. The number of nitrogen functional groups attached to an aromatic ring is 1. The number of nitrogens with zero attached hydrogens (tertiary/aromatic N) is 3. The quantitative estimate of drug-likeness (QED) is 0.457. The molecule has 5 N–H and O–H groups in total. The van der Waals surface area contributed by atoms with Crippen molar-refractivity contribution in [3.8, 4) is 0 Å². The van der Waals surface area contributed by atoms with Crippen LogP contribution >= 0.6 is 22.4 Å². The first-order valence-electron chi connectivity index (χ1n) is 9.31. The van der Waals surface area contributed by atoms with E-state index in [1.165, 1.54) is 16.7 Å². The minimum absolute atomic E-state index is 0.00570. The van der Waals surface area contributed by atoms with Gasteiger partial charge in [-0.25, -0.2) is 14.3 Å². The Kier molecular flexibility index (Phi) is 5.59. The number of benzene rings is 2. The zero-order chi connectivity index (χ0) is 22.2. The van der Waals surface area contributed by atoms with Crippen molar-refractivity contribution in [1.82, 2.24) is 15.3 Å². The number of fused-ring (bicyclic) bond motifs is 1. The number of carbonyl (C=O) groups excluding carboxylic acids is 1. The van der Waals surface area contributed by atoms with Gasteiger partial charge in [-0.2, -0.15) is 0 Å². The van der Waals surface area contributed by atoms with Crippen LogP contribution in [-0.4, -0.2) is 31.0 Å². The predicted molar refractivity (Wildman–Crippen MR) is 123 cm³/mol. The van der Waals surface area contributed by atoms with E-state index in [-0.39, 0.29) is 21.4 Å². The summed E-state index contributed by atoms with van der Waals surface area (Å²) in [5, 5.41) is 3.06. The highest BCUT2D eigenvalue weighted by atomic mass is 35.5. The standard InChI is InChI=1S/C21H20ClN5O3S/c1-13(26-21(28)18-20(23)25-11-10-24-18)17-12-14-6-5-9-16(22)19(14)31(29,30)27(17)15-7-3-2-4-8-15/h2-13,29-30H,1H3,(H2,23,25)(H,26,28)/t13-/m0/s1. The summed E-state index contributed by atoms with van der Waals surface area (Å²) >= 11 is 6.33. The number of para-hydroxylation sites is 1. The number of aromatic nitrogens is 2. The number of hydrogen-bond acceptors (Lipinski definition) is 7. The van der Waals surface area contributed by atoms with Crippen molar-refractivity contribution in [2.45, 2.75) is 17.9 Å². The number of carbonyl (C=O) groups is 1. The summed E-state index contributed by atoms with van der Waals surface area (Å²) in [6, 6.07) is 13.3. The maximum atomic E-state index is 12.7. The Bertz CT molecular complexity index is 1170. The van der Waals surface area contributed by atoms with Gasteiger partial charge in [0.15, 0.2) is 11.5 Å². The largest absolute Gasteiger partial charge is 0.382 e. The molecule has 2 heterocycles. The highest BCUT2D eigenvalue weighted by Gasteiger charge is 2.38. The van der Waals surface area contributed by atoms with Crippen LogP contribution in [-0.2, 0) is 0 Å². The fourth-order valence-corrected chi connectivity index (χ4v) is 5.78. The molecule has 1 amide bonds. The van der Waals surface area contributed by atoms with E-state index < -0.39 is 22.7 Å². The predicted octanol–water partition coefficient (Wildman–Crippen LogP) is 4.42. The lowest BCUT2D eigenvalue weighted by Crippen LogP contribution is -2.43. The molecule has 1 aliphatic heterocycles.